The Bertz CT molecular complexity index is 803. The third-order valence-corrected chi connectivity index (χ3v) is 4.78. The minimum Gasteiger partial charge on any atom is -0.454 e. The number of nitrogens with one attached hydrogen (secondary N) is 1. The molecule has 1 amide bonds. The number of fused-ring (bicyclic) bond motifs is 1. The third kappa shape index (κ3) is 3.43. The first-order chi connectivity index (χ1) is 12.7. The van der Waals surface area contributed by atoms with Crippen molar-refractivity contribution in [3.8, 4) is 11.5 Å². The van der Waals surface area contributed by atoms with Crippen molar-refractivity contribution in [3.63, 3.8) is 0 Å². The van der Waals surface area contributed by atoms with Crippen LogP contribution in [0.5, 0.6) is 11.5 Å². The van der Waals surface area contributed by atoms with Crippen molar-refractivity contribution < 1.29 is 14.3 Å². The summed E-state index contributed by atoms with van der Waals surface area (Å²) in [6, 6.07) is 8.95. The number of amides is 1. The fourth-order valence-corrected chi connectivity index (χ4v) is 3.20. The average molecular weight is 354 g/mol. The van der Waals surface area contributed by atoms with Crippen molar-refractivity contribution >= 4 is 17.4 Å². The standard InChI is InChI=1S/C19H22N4O3/c1-2-22-7-9-23(10-8-22)18-11-14(5-6-20-18)19(24)21-15-3-4-16-17(12-15)26-13-25-16/h3-6,11-12H,2,7-10,13H2,1H3,(H,21,24). The van der Waals surface area contributed by atoms with E-state index in [-0.39, 0.29) is 12.7 Å². The van der Waals surface area contributed by atoms with Gasteiger partial charge in [0.05, 0.1) is 0 Å². The Morgan fingerprint density at radius 2 is 1.92 bits per heavy atom. The van der Waals surface area contributed by atoms with E-state index in [9.17, 15) is 4.79 Å². The summed E-state index contributed by atoms with van der Waals surface area (Å²) in [4.78, 5) is 21.7. The zero-order chi connectivity index (χ0) is 17.9. The molecule has 1 aromatic heterocycles. The third-order valence-electron chi connectivity index (χ3n) is 4.78. The second kappa shape index (κ2) is 7.21. The molecule has 3 heterocycles. The zero-order valence-electron chi connectivity index (χ0n) is 14.8. The normalized spacial score (nSPS) is 16.6. The fourth-order valence-electron chi connectivity index (χ4n) is 3.20. The van der Waals surface area contributed by atoms with Crippen molar-refractivity contribution in [2.24, 2.45) is 0 Å². The van der Waals surface area contributed by atoms with Crippen molar-refractivity contribution in [1.29, 1.82) is 0 Å². The van der Waals surface area contributed by atoms with Crippen LogP contribution < -0.4 is 19.7 Å². The predicted octanol–water partition coefficient (Wildman–Crippen LogP) is 2.20. The molecule has 7 heteroatoms. The Kier molecular flexibility index (Phi) is 4.62. The van der Waals surface area contributed by atoms with Gasteiger partial charge < -0.3 is 24.6 Å². The summed E-state index contributed by atoms with van der Waals surface area (Å²) >= 11 is 0. The number of benzene rings is 1. The molecule has 2 aliphatic heterocycles. The number of ether oxygens (including phenoxy) is 2. The molecule has 2 aromatic rings. The van der Waals surface area contributed by atoms with Crippen LogP contribution in [-0.4, -0.2) is 55.3 Å². The Morgan fingerprint density at radius 1 is 1.12 bits per heavy atom. The monoisotopic (exact) mass is 354 g/mol. The second-order valence-electron chi connectivity index (χ2n) is 6.35. The van der Waals surface area contributed by atoms with E-state index in [4.69, 9.17) is 9.47 Å². The minimum atomic E-state index is -0.167. The summed E-state index contributed by atoms with van der Waals surface area (Å²) in [5.41, 5.74) is 1.26. The van der Waals surface area contributed by atoms with E-state index < -0.39 is 0 Å². The van der Waals surface area contributed by atoms with Crippen LogP contribution in [0.15, 0.2) is 36.5 Å². The molecular weight excluding hydrogens is 332 g/mol. The Labute approximate surface area is 152 Å². The van der Waals surface area contributed by atoms with Crippen LogP contribution in [0.3, 0.4) is 0 Å². The van der Waals surface area contributed by atoms with Crippen molar-refractivity contribution in [2.75, 3.05) is 49.7 Å². The molecule has 0 spiro atoms. The van der Waals surface area contributed by atoms with Gasteiger partial charge in [-0.05, 0) is 30.8 Å². The van der Waals surface area contributed by atoms with Gasteiger partial charge in [0.2, 0.25) is 6.79 Å². The number of likely N-dealkylation sites (N-methyl/N-ethyl adjacent to an activating group) is 1. The van der Waals surface area contributed by atoms with E-state index in [1.165, 1.54) is 0 Å². The SMILES string of the molecule is CCN1CCN(c2cc(C(=O)Nc3ccc4c(c3)OCO4)ccn2)CC1. The van der Waals surface area contributed by atoms with Crippen molar-refractivity contribution in [2.45, 2.75) is 6.92 Å². The highest BCUT2D eigenvalue weighted by atomic mass is 16.7. The largest absolute Gasteiger partial charge is 0.454 e. The lowest BCUT2D eigenvalue weighted by Gasteiger charge is -2.34. The zero-order valence-corrected chi connectivity index (χ0v) is 14.8. The summed E-state index contributed by atoms with van der Waals surface area (Å²) in [5, 5.41) is 2.91. The molecule has 0 radical (unpaired) electrons. The molecule has 1 fully saturated rings. The molecule has 26 heavy (non-hydrogen) atoms. The van der Waals surface area contributed by atoms with Crippen molar-refractivity contribution in [3.05, 3.63) is 42.1 Å². The van der Waals surface area contributed by atoms with Crippen LogP contribution >= 0.6 is 0 Å². The van der Waals surface area contributed by atoms with E-state index in [0.717, 1.165) is 38.5 Å². The first-order valence-electron chi connectivity index (χ1n) is 8.87. The van der Waals surface area contributed by atoms with Gasteiger partial charge in [-0.2, -0.15) is 0 Å². The molecule has 136 valence electrons. The summed E-state index contributed by atoms with van der Waals surface area (Å²) in [6.07, 6.45) is 1.69. The number of hydrogen-bond acceptors (Lipinski definition) is 6. The van der Waals surface area contributed by atoms with Crippen LogP contribution in [0.4, 0.5) is 11.5 Å². The number of rotatable bonds is 4. The van der Waals surface area contributed by atoms with Crippen LogP contribution in [0.25, 0.3) is 0 Å². The van der Waals surface area contributed by atoms with Gasteiger partial charge in [0.1, 0.15) is 5.82 Å². The number of piperazine rings is 1. The van der Waals surface area contributed by atoms with E-state index in [2.05, 4.69) is 27.0 Å². The Balaban J connectivity index is 1.45. The van der Waals surface area contributed by atoms with Gasteiger partial charge in [-0.3, -0.25) is 4.79 Å². The molecule has 7 nitrogen and oxygen atoms in total. The molecule has 4 rings (SSSR count). The van der Waals surface area contributed by atoms with Crippen LogP contribution in [0.1, 0.15) is 17.3 Å². The highest BCUT2D eigenvalue weighted by molar-refractivity contribution is 6.04. The molecule has 2 aliphatic rings. The van der Waals surface area contributed by atoms with Gasteiger partial charge in [-0.1, -0.05) is 6.92 Å². The van der Waals surface area contributed by atoms with Crippen molar-refractivity contribution in [1.82, 2.24) is 9.88 Å². The second-order valence-corrected chi connectivity index (χ2v) is 6.35. The Morgan fingerprint density at radius 3 is 2.73 bits per heavy atom. The van der Waals surface area contributed by atoms with Crippen LogP contribution in [0.2, 0.25) is 0 Å². The number of carbonyl (C=O) groups is 1. The topological polar surface area (TPSA) is 66.9 Å². The lowest BCUT2D eigenvalue weighted by molar-refractivity contribution is 0.102. The molecule has 0 atom stereocenters. The summed E-state index contributed by atoms with van der Waals surface area (Å²) < 4.78 is 10.6. The summed E-state index contributed by atoms with van der Waals surface area (Å²) in [5.74, 6) is 2.02. The maximum atomic E-state index is 12.6. The summed E-state index contributed by atoms with van der Waals surface area (Å²) in [7, 11) is 0. The summed E-state index contributed by atoms with van der Waals surface area (Å²) in [6.45, 7) is 7.35. The Hall–Kier alpha value is -2.80. The molecule has 1 N–H and O–H groups in total. The first-order valence-corrected chi connectivity index (χ1v) is 8.87. The maximum absolute atomic E-state index is 12.6. The van der Waals surface area contributed by atoms with Gasteiger partial charge in [-0.25, -0.2) is 4.98 Å². The van der Waals surface area contributed by atoms with Crippen LogP contribution in [-0.2, 0) is 0 Å². The lowest BCUT2D eigenvalue weighted by atomic mass is 10.2. The molecule has 0 bridgehead atoms. The van der Waals surface area contributed by atoms with E-state index >= 15 is 0 Å². The number of pyridine rings is 1. The van der Waals surface area contributed by atoms with Crippen LogP contribution in [0, 0.1) is 0 Å². The highest BCUT2D eigenvalue weighted by Gasteiger charge is 2.18. The number of hydrogen-bond donors (Lipinski definition) is 1. The van der Waals surface area contributed by atoms with E-state index in [1.807, 2.05) is 6.07 Å². The smallest absolute Gasteiger partial charge is 0.255 e. The van der Waals surface area contributed by atoms with Gasteiger partial charge in [0.25, 0.3) is 5.91 Å². The molecule has 0 aliphatic carbocycles. The molecule has 0 saturated carbocycles. The number of nitrogens with zero attached hydrogens (tertiary/aromatic N) is 3. The number of carbonyl (C=O) groups excluding carboxylic acids is 1. The van der Waals surface area contributed by atoms with Gasteiger partial charge in [0.15, 0.2) is 11.5 Å². The minimum absolute atomic E-state index is 0.167. The molecule has 1 aromatic carbocycles. The number of aromatic nitrogens is 1. The van der Waals surface area contributed by atoms with Gasteiger partial charge in [0, 0.05) is 49.7 Å². The van der Waals surface area contributed by atoms with Gasteiger partial charge in [-0.15, -0.1) is 0 Å². The van der Waals surface area contributed by atoms with E-state index in [1.54, 1.807) is 30.5 Å². The fraction of sp³-hybridized carbons (Fsp3) is 0.368. The molecule has 0 unspecified atom stereocenters. The van der Waals surface area contributed by atoms with Gasteiger partial charge >= 0.3 is 0 Å². The molecule has 1 saturated heterocycles. The quantitative estimate of drug-likeness (QED) is 0.908. The highest BCUT2D eigenvalue weighted by Crippen LogP contribution is 2.34. The number of anilines is 2. The maximum Gasteiger partial charge on any atom is 0.255 e. The first kappa shape index (κ1) is 16.7. The predicted molar refractivity (Wildman–Crippen MR) is 99.1 cm³/mol. The molecular formula is C19H22N4O3. The van der Waals surface area contributed by atoms with E-state index in [0.29, 0.717) is 22.7 Å². The average Bonchev–Trinajstić information content (AvgIpc) is 3.16. The lowest BCUT2D eigenvalue weighted by Crippen LogP contribution is -2.46.